The Morgan fingerprint density at radius 2 is 1.97 bits per heavy atom. The van der Waals surface area contributed by atoms with Crippen molar-refractivity contribution in [3.63, 3.8) is 0 Å². The van der Waals surface area contributed by atoms with Gasteiger partial charge in [0.2, 0.25) is 5.91 Å². The summed E-state index contributed by atoms with van der Waals surface area (Å²) >= 11 is 0. The van der Waals surface area contributed by atoms with E-state index < -0.39 is 12.1 Å². The number of anilines is 1. The van der Waals surface area contributed by atoms with E-state index in [1.807, 2.05) is 39.3 Å². The number of nitrogens with zero attached hydrogens (tertiary/aromatic N) is 5. The number of fused-ring (bicyclic) bond motifs is 1. The highest BCUT2D eigenvalue weighted by Crippen LogP contribution is 2.28. The van der Waals surface area contributed by atoms with Crippen molar-refractivity contribution in [2.45, 2.75) is 82.8 Å². The number of unbranched alkanes of at least 4 members (excludes halogenated alkanes) is 1. The van der Waals surface area contributed by atoms with E-state index in [0.29, 0.717) is 30.1 Å². The molecule has 1 fully saturated rings. The van der Waals surface area contributed by atoms with Gasteiger partial charge in [-0.05, 0) is 66.3 Å². The lowest BCUT2D eigenvalue weighted by Gasteiger charge is -2.26. The van der Waals surface area contributed by atoms with Gasteiger partial charge in [0.05, 0.1) is 33.8 Å². The second-order valence-corrected chi connectivity index (χ2v) is 11.2. The monoisotopic (exact) mass is 530 g/mol. The number of carbonyl (C=O) groups excluding carboxylic acids is 2. The van der Waals surface area contributed by atoms with Crippen LogP contribution >= 0.6 is 0 Å². The first kappa shape index (κ1) is 29.5. The van der Waals surface area contributed by atoms with E-state index in [9.17, 15) is 14.7 Å². The second kappa shape index (κ2) is 14.2. The molecule has 0 saturated heterocycles. The van der Waals surface area contributed by atoms with Gasteiger partial charge in [-0.1, -0.05) is 19.3 Å². The van der Waals surface area contributed by atoms with Crippen LogP contribution in [0.4, 0.5) is 5.69 Å². The molecule has 0 unspecified atom stereocenters. The largest absolute Gasteiger partial charge is 0.550 e. The number of aliphatic carboxylic acids is 1. The van der Waals surface area contributed by atoms with Crippen LogP contribution in [0, 0.1) is 0 Å². The van der Waals surface area contributed by atoms with Crippen LogP contribution in [0.3, 0.4) is 0 Å². The molecule has 210 valence electrons. The van der Waals surface area contributed by atoms with Crippen molar-refractivity contribution in [1.82, 2.24) is 20.2 Å². The summed E-state index contributed by atoms with van der Waals surface area (Å²) in [6, 6.07) is 6.38. The Bertz CT molecular complexity index is 1040. The predicted molar refractivity (Wildman–Crippen MR) is 140 cm³/mol. The number of hydrogen-bond acceptors (Lipinski definition) is 8. The minimum absolute atomic E-state index is 0.0896. The molecule has 0 bridgehead atoms. The molecule has 0 radical (unpaired) electrons. The van der Waals surface area contributed by atoms with Crippen LogP contribution in [-0.4, -0.2) is 82.1 Å². The molecule has 2 aliphatic rings. The summed E-state index contributed by atoms with van der Waals surface area (Å²) in [5.41, 5.74) is 2.06. The van der Waals surface area contributed by atoms with Crippen LogP contribution in [-0.2, 0) is 22.4 Å². The lowest BCUT2D eigenvalue weighted by atomic mass is 9.95. The first-order valence-corrected chi connectivity index (χ1v) is 13.6. The summed E-state index contributed by atoms with van der Waals surface area (Å²) in [5.74, 6) is 0.765. The minimum atomic E-state index is -1.20. The summed E-state index contributed by atoms with van der Waals surface area (Å²) in [5, 5.41) is 34.4. The number of ether oxygens (including phenoxy) is 1. The second-order valence-electron chi connectivity index (χ2n) is 11.2. The molecule has 38 heavy (non-hydrogen) atoms. The number of benzene rings is 1. The number of nitrogens with one attached hydrogen (secondary N) is 1. The molecular weight excluding hydrogens is 488 g/mol. The normalized spacial score (nSPS) is 16.6. The maximum absolute atomic E-state index is 11.4. The number of aliphatic hydroxyl groups is 1. The van der Waals surface area contributed by atoms with E-state index in [0.717, 1.165) is 48.5 Å². The van der Waals surface area contributed by atoms with E-state index in [1.165, 1.54) is 32.1 Å². The van der Waals surface area contributed by atoms with Crippen molar-refractivity contribution in [3.8, 4) is 5.75 Å². The van der Waals surface area contributed by atoms with Crippen LogP contribution in [0.2, 0.25) is 0 Å². The summed E-state index contributed by atoms with van der Waals surface area (Å²) in [6.45, 7) is 1.10. The fourth-order valence-corrected chi connectivity index (χ4v) is 4.90. The van der Waals surface area contributed by atoms with Crippen molar-refractivity contribution in [2.75, 3.05) is 39.6 Å². The molecule has 1 aliphatic carbocycles. The molecule has 4 rings (SSSR count). The highest BCUT2D eigenvalue weighted by atomic mass is 16.5. The summed E-state index contributed by atoms with van der Waals surface area (Å²) in [7, 11) is 5.66. The number of aromatic nitrogens is 4. The number of amides is 1. The third kappa shape index (κ3) is 10.0. The lowest BCUT2D eigenvalue weighted by molar-refractivity contribution is -0.873. The zero-order chi connectivity index (χ0) is 27.5. The fourth-order valence-electron chi connectivity index (χ4n) is 4.90. The van der Waals surface area contributed by atoms with E-state index in [4.69, 9.17) is 9.84 Å². The topological polar surface area (TPSA) is 142 Å². The third-order valence-corrected chi connectivity index (χ3v) is 6.68. The van der Waals surface area contributed by atoms with Crippen LogP contribution in [0.1, 0.15) is 75.2 Å². The molecule has 11 nitrogen and oxygen atoms in total. The first-order chi connectivity index (χ1) is 18.1. The number of carboxylic acids is 1. The molecule has 11 heteroatoms. The molecule has 1 saturated carbocycles. The third-order valence-electron chi connectivity index (χ3n) is 6.68. The first-order valence-electron chi connectivity index (χ1n) is 13.6. The molecule has 1 atom stereocenters. The number of hydrogen-bond donors (Lipinski definition) is 2. The van der Waals surface area contributed by atoms with E-state index in [1.54, 1.807) is 0 Å². The van der Waals surface area contributed by atoms with Crippen LogP contribution < -0.4 is 15.2 Å². The van der Waals surface area contributed by atoms with Crippen LogP contribution in [0.5, 0.6) is 5.75 Å². The zero-order valence-corrected chi connectivity index (χ0v) is 22.9. The smallest absolute Gasteiger partial charge is 0.224 e. The number of aryl methyl sites for hydroxylation is 2. The molecule has 1 aromatic carbocycles. The fraction of sp³-hybridized carbons (Fsp3) is 0.667. The van der Waals surface area contributed by atoms with Gasteiger partial charge in [-0.15, -0.1) is 5.10 Å². The van der Waals surface area contributed by atoms with Gasteiger partial charge in [0.25, 0.3) is 0 Å². The number of rotatable bonds is 11. The number of likely N-dealkylation sites (N-methyl/N-ethyl adjacent to an activating group) is 1. The Kier molecular flexibility index (Phi) is 11.0. The summed E-state index contributed by atoms with van der Waals surface area (Å²) in [6.07, 6.45) is 9.39. The van der Waals surface area contributed by atoms with Crippen molar-refractivity contribution in [2.24, 2.45) is 0 Å². The minimum Gasteiger partial charge on any atom is -0.550 e. The summed E-state index contributed by atoms with van der Waals surface area (Å²) < 4.78 is 8.50. The molecule has 2 N–H and O–H groups in total. The predicted octanol–water partition coefficient (Wildman–Crippen LogP) is 1.66. The van der Waals surface area contributed by atoms with Gasteiger partial charge in [0.1, 0.15) is 18.4 Å². The van der Waals surface area contributed by atoms with Crippen LogP contribution in [0.25, 0.3) is 0 Å². The lowest BCUT2D eigenvalue weighted by Crippen LogP contribution is -2.43. The van der Waals surface area contributed by atoms with Gasteiger partial charge in [0.15, 0.2) is 5.82 Å². The molecular formula is C27H42N6O5. The number of carbonyl (C=O) groups is 2. The summed E-state index contributed by atoms with van der Waals surface area (Å²) in [4.78, 5) is 21.4. The quantitative estimate of drug-likeness (QED) is 0.330. The maximum atomic E-state index is 11.4. The zero-order valence-electron chi connectivity index (χ0n) is 22.9. The van der Waals surface area contributed by atoms with Crippen molar-refractivity contribution in [3.05, 3.63) is 29.6 Å². The van der Waals surface area contributed by atoms with Crippen molar-refractivity contribution < 1.29 is 29.0 Å². The van der Waals surface area contributed by atoms with Gasteiger partial charge in [-0.25, -0.2) is 4.68 Å². The van der Waals surface area contributed by atoms with Gasteiger partial charge in [0, 0.05) is 30.9 Å². The Morgan fingerprint density at radius 3 is 2.68 bits per heavy atom. The van der Waals surface area contributed by atoms with Crippen LogP contribution in [0.15, 0.2) is 18.2 Å². The highest BCUT2D eigenvalue weighted by Gasteiger charge is 2.20. The van der Waals surface area contributed by atoms with Crippen molar-refractivity contribution >= 4 is 17.6 Å². The Labute approximate surface area is 224 Å². The van der Waals surface area contributed by atoms with Gasteiger partial charge < -0.3 is 29.5 Å². The Morgan fingerprint density at radius 1 is 1.21 bits per heavy atom. The Hall–Kier alpha value is -3.05. The average Bonchev–Trinajstić information content (AvgIpc) is 3.32. The molecule has 0 spiro atoms. The van der Waals surface area contributed by atoms with Gasteiger partial charge in [-0.3, -0.25) is 4.79 Å². The molecule has 1 aliphatic heterocycles. The maximum Gasteiger partial charge on any atom is 0.224 e. The van der Waals surface area contributed by atoms with Crippen molar-refractivity contribution in [1.29, 1.82) is 0 Å². The molecule has 2 aromatic rings. The van der Waals surface area contributed by atoms with E-state index >= 15 is 0 Å². The van der Waals surface area contributed by atoms with E-state index in [-0.39, 0.29) is 12.3 Å². The number of aliphatic hydroxyl groups excluding tert-OH is 1. The van der Waals surface area contributed by atoms with E-state index in [2.05, 4.69) is 25.5 Å². The Balaban J connectivity index is 0.000000310. The average molecular weight is 531 g/mol. The number of tetrazole rings is 1. The molecule has 2 heterocycles. The number of quaternary nitrogens is 1. The SMILES string of the molecule is C[N+](C)(C)C[C@H](O)CC(=O)[O-].O=C1CCc2cc(OCCCCc3nnnn3C3CCCCC3)ccc2N1. The molecule has 1 amide bonds. The molecule has 1 aromatic heterocycles. The standard InChI is InChI=1S/C20H27N5O2.C7H15NO3/c26-20-12-9-15-14-17(10-11-18(15)21-20)27-13-5-4-8-19-22-23-24-25(19)16-6-2-1-3-7-16;1-8(2,3)5-6(9)4-7(10)11/h10-11,14,16H,1-9,12-13H2,(H,21,26);6,9H,4-5H2,1-3H3/t;6-/m.1/s1. The number of carboxylic acid groups (broad SMARTS) is 1. The highest BCUT2D eigenvalue weighted by molar-refractivity contribution is 5.94. The van der Waals surface area contributed by atoms with Gasteiger partial charge >= 0.3 is 0 Å². The van der Waals surface area contributed by atoms with Gasteiger partial charge in [-0.2, -0.15) is 0 Å².